The van der Waals surface area contributed by atoms with E-state index >= 15 is 0 Å². The molecule has 2 N–H and O–H groups in total. The molecular formula is C12H14N2O2S. The van der Waals surface area contributed by atoms with E-state index in [1.165, 1.54) is 0 Å². The molecule has 4 nitrogen and oxygen atoms in total. The molecule has 2 heterocycles. The van der Waals surface area contributed by atoms with Crippen LogP contribution >= 0.6 is 11.8 Å². The van der Waals surface area contributed by atoms with Gasteiger partial charge in [0.25, 0.3) is 5.22 Å². The van der Waals surface area contributed by atoms with Crippen molar-refractivity contribution in [3.63, 3.8) is 0 Å². The Balaban J connectivity index is 1.88. The summed E-state index contributed by atoms with van der Waals surface area (Å²) in [4.78, 5) is 4.43. The molecule has 17 heavy (non-hydrogen) atoms. The summed E-state index contributed by atoms with van der Waals surface area (Å²) in [6.45, 7) is 2.91. The number of nitrogen functional groups attached to an aromatic ring is 1. The molecule has 1 fully saturated rings. The number of nitrogens with two attached hydrogens (primary N) is 1. The molecule has 0 aliphatic carbocycles. The van der Waals surface area contributed by atoms with E-state index in [1.807, 2.05) is 18.2 Å². The number of thioether (sulfide) groups is 1. The highest BCUT2D eigenvalue weighted by molar-refractivity contribution is 7.99. The molecule has 5 heteroatoms. The first kappa shape index (κ1) is 10.9. The lowest BCUT2D eigenvalue weighted by molar-refractivity contribution is 0.127. The number of ether oxygens (including phenoxy) is 1. The van der Waals surface area contributed by atoms with Crippen LogP contribution in [0, 0.1) is 0 Å². The third-order valence-corrected chi connectivity index (χ3v) is 4.29. The van der Waals surface area contributed by atoms with Crippen molar-refractivity contribution in [2.24, 2.45) is 0 Å². The molecule has 1 saturated heterocycles. The first-order valence-electron chi connectivity index (χ1n) is 5.67. The zero-order valence-electron chi connectivity index (χ0n) is 9.55. The molecule has 0 bridgehead atoms. The average Bonchev–Trinajstić information content (AvgIpc) is 2.87. The fraction of sp³-hybridized carbons (Fsp3) is 0.417. The van der Waals surface area contributed by atoms with E-state index in [2.05, 4.69) is 11.9 Å². The highest BCUT2D eigenvalue weighted by atomic mass is 32.2. The number of hydrogen-bond acceptors (Lipinski definition) is 5. The number of fused-ring (bicyclic) bond motifs is 1. The Morgan fingerprint density at radius 2 is 2.35 bits per heavy atom. The molecule has 1 aromatic heterocycles. The van der Waals surface area contributed by atoms with Gasteiger partial charge in [0.15, 0.2) is 5.58 Å². The molecule has 0 radical (unpaired) electrons. The fourth-order valence-corrected chi connectivity index (χ4v) is 3.02. The van der Waals surface area contributed by atoms with Gasteiger partial charge in [-0.1, -0.05) is 17.8 Å². The van der Waals surface area contributed by atoms with Crippen LogP contribution in [0.25, 0.3) is 11.1 Å². The molecule has 2 atom stereocenters. The van der Waals surface area contributed by atoms with Gasteiger partial charge in [0.1, 0.15) is 5.52 Å². The summed E-state index contributed by atoms with van der Waals surface area (Å²) < 4.78 is 11.2. The van der Waals surface area contributed by atoms with Crippen molar-refractivity contribution in [3.8, 4) is 0 Å². The lowest BCUT2D eigenvalue weighted by Gasteiger charge is -2.09. The minimum atomic E-state index is 0.257. The van der Waals surface area contributed by atoms with Crippen LogP contribution in [0.1, 0.15) is 13.3 Å². The van der Waals surface area contributed by atoms with E-state index in [1.54, 1.807) is 11.8 Å². The van der Waals surface area contributed by atoms with Gasteiger partial charge in [-0.05, 0) is 25.5 Å². The number of aromatic nitrogens is 1. The van der Waals surface area contributed by atoms with Gasteiger partial charge < -0.3 is 14.9 Å². The van der Waals surface area contributed by atoms with Crippen LogP contribution < -0.4 is 5.73 Å². The summed E-state index contributed by atoms with van der Waals surface area (Å²) in [6, 6.07) is 5.59. The Morgan fingerprint density at radius 1 is 1.47 bits per heavy atom. The van der Waals surface area contributed by atoms with Crippen LogP contribution in [0.2, 0.25) is 0 Å². The average molecular weight is 250 g/mol. The molecular weight excluding hydrogens is 236 g/mol. The second kappa shape index (κ2) is 4.23. The van der Waals surface area contributed by atoms with Crippen molar-refractivity contribution < 1.29 is 9.15 Å². The van der Waals surface area contributed by atoms with Gasteiger partial charge in [-0.3, -0.25) is 0 Å². The van der Waals surface area contributed by atoms with E-state index in [0.717, 1.165) is 24.1 Å². The molecule has 2 aromatic rings. The van der Waals surface area contributed by atoms with Gasteiger partial charge in [-0.15, -0.1) is 0 Å². The molecule has 1 aliphatic heterocycles. The van der Waals surface area contributed by atoms with Gasteiger partial charge in [0, 0.05) is 11.9 Å². The normalized spacial score (nSPS) is 24.5. The van der Waals surface area contributed by atoms with Gasteiger partial charge in [0.2, 0.25) is 0 Å². The molecule has 2 unspecified atom stereocenters. The monoisotopic (exact) mass is 250 g/mol. The van der Waals surface area contributed by atoms with Crippen LogP contribution in [0.15, 0.2) is 27.8 Å². The summed E-state index contributed by atoms with van der Waals surface area (Å²) in [7, 11) is 0. The van der Waals surface area contributed by atoms with E-state index in [-0.39, 0.29) is 6.10 Å². The second-order valence-electron chi connectivity index (χ2n) is 4.19. The van der Waals surface area contributed by atoms with E-state index in [0.29, 0.717) is 16.2 Å². The van der Waals surface area contributed by atoms with Crippen LogP contribution in [0.5, 0.6) is 0 Å². The maximum atomic E-state index is 5.85. The first-order valence-corrected chi connectivity index (χ1v) is 6.55. The highest BCUT2D eigenvalue weighted by Crippen LogP contribution is 2.34. The fourth-order valence-electron chi connectivity index (χ4n) is 2.00. The largest absolute Gasteiger partial charge is 0.431 e. The van der Waals surface area contributed by atoms with Gasteiger partial charge in [0.05, 0.1) is 11.8 Å². The van der Waals surface area contributed by atoms with Crippen LogP contribution in [0.3, 0.4) is 0 Å². The zero-order chi connectivity index (χ0) is 11.8. The minimum absolute atomic E-state index is 0.257. The maximum Gasteiger partial charge on any atom is 0.257 e. The second-order valence-corrected chi connectivity index (χ2v) is 5.39. The van der Waals surface area contributed by atoms with E-state index < -0.39 is 0 Å². The molecule has 1 aliphatic rings. The predicted octanol–water partition coefficient (Wildman–Crippen LogP) is 2.68. The number of benzene rings is 1. The molecule has 0 amide bonds. The number of hydrogen-bond donors (Lipinski definition) is 1. The molecule has 0 saturated carbocycles. The number of para-hydroxylation sites is 1. The van der Waals surface area contributed by atoms with Crippen LogP contribution in [-0.2, 0) is 4.74 Å². The summed E-state index contributed by atoms with van der Waals surface area (Å²) in [5, 5.41) is 1.10. The summed E-state index contributed by atoms with van der Waals surface area (Å²) in [5.74, 6) is 0. The Hall–Kier alpha value is -1.20. The standard InChI is InChI=1S/C12H14N2O2S/c1-7-10(5-6-15-7)17-12-14-11-8(13)3-2-4-9(11)16-12/h2-4,7,10H,5-6,13H2,1H3. The Morgan fingerprint density at radius 3 is 3.06 bits per heavy atom. The molecule has 90 valence electrons. The lowest BCUT2D eigenvalue weighted by Crippen LogP contribution is -2.12. The third-order valence-electron chi connectivity index (χ3n) is 2.99. The first-order chi connectivity index (χ1) is 8.24. The number of oxazole rings is 1. The van der Waals surface area contributed by atoms with Crippen LogP contribution in [-0.4, -0.2) is 22.9 Å². The van der Waals surface area contributed by atoms with Crippen molar-refractivity contribution in [1.82, 2.24) is 4.98 Å². The van der Waals surface area contributed by atoms with Gasteiger partial charge in [-0.2, -0.15) is 0 Å². The van der Waals surface area contributed by atoms with Crippen molar-refractivity contribution >= 4 is 28.5 Å². The maximum absolute atomic E-state index is 5.85. The highest BCUT2D eigenvalue weighted by Gasteiger charge is 2.27. The lowest BCUT2D eigenvalue weighted by atomic mass is 10.3. The Labute approximate surface area is 104 Å². The molecule has 0 spiro atoms. The number of anilines is 1. The number of rotatable bonds is 2. The van der Waals surface area contributed by atoms with Crippen LogP contribution in [0.4, 0.5) is 5.69 Å². The topological polar surface area (TPSA) is 61.3 Å². The summed E-state index contributed by atoms with van der Waals surface area (Å²) >= 11 is 1.64. The smallest absolute Gasteiger partial charge is 0.257 e. The number of nitrogens with zero attached hydrogens (tertiary/aromatic N) is 1. The SMILES string of the molecule is CC1OCCC1Sc1nc2c(N)cccc2o1. The van der Waals surface area contributed by atoms with Gasteiger partial charge in [-0.25, -0.2) is 4.98 Å². The summed E-state index contributed by atoms with van der Waals surface area (Å²) in [5.41, 5.74) is 8.01. The van der Waals surface area contributed by atoms with Crippen molar-refractivity contribution in [2.45, 2.75) is 29.9 Å². The minimum Gasteiger partial charge on any atom is -0.431 e. The third kappa shape index (κ3) is 2.00. The predicted molar refractivity (Wildman–Crippen MR) is 68.1 cm³/mol. The summed E-state index contributed by atoms with van der Waals surface area (Å²) in [6.07, 6.45) is 1.30. The molecule has 3 rings (SSSR count). The zero-order valence-corrected chi connectivity index (χ0v) is 10.4. The van der Waals surface area contributed by atoms with E-state index in [9.17, 15) is 0 Å². The van der Waals surface area contributed by atoms with Gasteiger partial charge >= 0.3 is 0 Å². The quantitative estimate of drug-likeness (QED) is 0.830. The van der Waals surface area contributed by atoms with Crippen molar-refractivity contribution in [3.05, 3.63) is 18.2 Å². The Kier molecular flexibility index (Phi) is 2.72. The van der Waals surface area contributed by atoms with Crippen molar-refractivity contribution in [2.75, 3.05) is 12.3 Å². The van der Waals surface area contributed by atoms with E-state index in [4.69, 9.17) is 14.9 Å². The Bertz CT molecular complexity index is 540. The molecule has 1 aromatic carbocycles. The van der Waals surface area contributed by atoms with Crippen molar-refractivity contribution in [1.29, 1.82) is 0 Å².